The van der Waals surface area contributed by atoms with E-state index in [-0.39, 0.29) is 29.9 Å². The van der Waals surface area contributed by atoms with Crippen LogP contribution in [0.25, 0.3) is 0 Å². The number of hydrogen-bond donors (Lipinski definition) is 0. The Balaban J connectivity index is 0.00000169. The van der Waals surface area contributed by atoms with Gasteiger partial charge >= 0.3 is 0 Å². The fraction of sp³-hybridized carbons (Fsp3) is 0.350. The molecule has 3 nitrogen and oxygen atoms in total. The maximum absolute atomic E-state index is 13.0. The monoisotopic (exact) mass is 434 g/mol. The van der Waals surface area contributed by atoms with E-state index >= 15 is 0 Å². The molecule has 126 valence electrons. The van der Waals surface area contributed by atoms with Gasteiger partial charge in [0.1, 0.15) is 19.6 Å². The van der Waals surface area contributed by atoms with Gasteiger partial charge in [0.25, 0.3) is 5.91 Å². The van der Waals surface area contributed by atoms with E-state index in [1.807, 2.05) is 18.2 Å². The van der Waals surface area contributed by atoms with Crippen molar-refractivity contribution >= 4 is 5.91 Å². The Bertz CT molecular complexity index is 711. The molecule has 2 aliphatic heterocycles. The van der Waals surface area contributed by atoms with E-state index in [0.29, 0.717) is 0 Å². The number of carbonyl (C=O) groups excluding carboxylic acids is 1. The summed E-state index contributed by atoms with van der Waals surface area (Å²) in [7, 11) is 0. The third kappa shape index (κ3) is 3.09. The van der Waals surface area contributed by atoms with Crippen molar-refractivity contribution < 1.29 is 33.4 Å². The molecular formula is C20H23IN2O. The molecule has 1 amide bonds. The molecule has 0 aromatic heterocycles. The summed E-state index contributed by atoms with van der Waals surface area (Å²) in [4.78, 5) is 13.0. The normalized spacial score (nSPS) is 18.8. The Morgan fingerprint density at radius 1 is 0.875 bits per heavy atom. The highest BCUT2D eigenvalue weighted by Gasteiger charge is 2.44. The highest BCUT2D eigenvalue weighted by atomic mass is 127. The molecule has 1 saturated heterocycles. The number of nitrogens with zero attached hydrogens (tertiary/aromatic N) is 2. The van der Waals surface area contributed by atoms with Gasteiger partial charge in [0.2, 0.25) is 0 Å². The number of likely N-dealkylation sites (tertiary alicyclic amines) is 1. The number of carbonyl (C=O) groups is 1. The molecule has 1 fully saturated rings. The summed E-state index contributed by atoms with van der Waals surface area (Å²) in [5, 5.41) is 2.12. The SMILES string of the molecule is O=C1c2ccccc2CN1[N+]1(Cc2ccccc2)CCCCC1.[I-]. The van der Waals surface area contributed by atoms with Gasteiger partial charge in [0, 0.05) is 11.1 Å². The van der Waals surface area contributed by atoms with Crippen molar-refractivity contribution in [1.82, 2.24) is 5.01 Å². The van der Waals surface area contributed by atoms with Gasteiger partial charge in [-0.25, -0.2) is 4.59 Å². The average Bonchev–Trinajstić information content (AvgIpc) is 2.95. The molecular weight excluding hydrogens is 411 g/mol. The van der Waals surface area contributed by atoms with Gasteiger partial charge < -0.3 is 24.0 Å². The Morgan fingerprint density at radius 3 is 2.25 bits per heavy atom. The third-order valence-electron chi connectivity index (χ3n) is 5.28. The molecule has 0 bridgehead atoms. The summed E-state index contributed by atoms with van der Waals surface area (Å²) in [6.07, 6.45) is 3.68. The second-order valence-corrected chi connectivity index (χ2v) is 6.77. The van der Waals surface area contributed by atoms with Crippen molar-refractivity contribution in [1.29, 1.82) is 0 Å². The van der Waals surface area contributed by atoms with Crippen LogP contribution in [-0.2, 0) is 13.1 Å². The summed E-state index contributed by atoms with van der Waals surface area (Å²) in [6.45, 7) is 3.80. The molecule has 0 radical (unpaired) electrons. The standard InChI is InChI=1S/C20H23N2O.HI/c23-20-19-12-6-5-11-18(19)15-21(20)22(13-7-2-8-14-22)16-17-9-3-1-4-10-17;/h1,3-6,9-12H,2,7-8,13-16H2;1H/q+1;/p-1. The Hall–Kier alpha value is -1.40. The minimum Gasteiger partial charge on any atom is -1.00 e. The fourth-order valence-electron chi connectivity index (χ4n) is 4.09. The van der Waals surface area contributed by atoms with Crippen LogP contribution in [0.4, 0.5) is 0 Å². The van der Waals surface area contributed by atoms with Crippen LogP contribution in [0, 0.1) is 0 Å². The molecule has 4 heteroatoms. The number of quaternary nitrogens is 1. The van der Waals surface area contributed by atoms with Gasteiger partial charge in [0.15, 0.2) is 0 Å². The van der Waals surface area contributed by atoms with Crippen LogP contribution in [0.1, 0.15) is 40.7 Å². The lowest BCUT2D eigenvalue weighted by atomic mass is 10.1. The Labute approximate surface area is 160 Å². The molecule has 0 spiro atoms. The summed E-state index contributed by atoms with van der Waals surface area (Å²) in [5.41, 5.74) is 3.38. The van der Waals surface area contributed by atoms with Crippen molar-refractivity contribution in [2.45, 2.75) is 32.4 Å². The molecule has 0 unspecified atom stereocenters. The number of benzene rings is 2. The highest BCUT2D eigenvalue weighted by molar-refractivity contribution is 5.97. The van der Waals surface area contributed by atoms with Crippen LogP contribution in [0.3, 0.4) is 0 Å². The predicted molar refractivity (Wildman–Crippen MR) is 90.3 cm³/mol. The smallest absolute Gasteiger partial charge is 0.299 e. The molecule has 4 rings (SSSR count). The first-order valence-electron chi connectivity index (χ1n) is 8.59. The lowest BCUT2D eigenvalue weighted by Crippen LogP contribution is -3.00. The summed E-state index contributed by atoms with van der Waals surface area (Å²) >= 11 is 0. The topological polar surface area (TPSA) is 20.3 Å². The van der Waals surface area contributed by atoms with Crippen LogP contribution in [0.2, 0.25) is 0 Å². The highest BCUT2D eigenvalue weighted by Crippen LogP contribution is 2.33. The number of piperidine rings is 1. The van der Waals surface area contributed by atoms with Gasteiger partial charge in [-0.15, -0.1) is 0 Å². The third-order valence-corrected chi connectivity index (χ3v) is 5.28. The van der Waals surface area contributed by atoms with Crippen LogP contribution >= 0.6 is 0 Å². The summed E-state index contributed by atoms with van der Waals surface area (Å²) in [6, 6.07) is 18.7. The lowest BCUT2D eigenvalue weighted by molar-refractivity contribution is -1.04. The molecule has 0 aliphatic carbocycles. The van der Waals surface area contributed by atoms with Crippen molar-refractivity contribution in [3.8, 4) is 0 Å². The molecule has 2 aromatic rings. The van der Waals surface area contributed by atoms with Crippen molar-refractivity contribution in [2.24, 2.45) is 0 Å². The first-order valence-corrected chi connectivity index (χ1v) is 8.59. The van der Waals surface area contributed by atoms with Gasteiger partial charge in [-0.1, -0.05) is 48.5 Å². The van der Waals surface area contributed by atoms with Gasteiger partial charge in [-0.2, -0.15) is 5.01 Å². The van der Waals surface area contributed by atoms with Gasteiger partial charge in [-0.05, 0) is 30.9 Å². The zero-order valence-electron chi connectivity index (χ0n) is 13.8. The zero-order valence-corrected chi connectivity index (χ0v) is 16.0. The molecule has 0 saturated carbocycles. The van der Waals surface area contributed by atoms with E-state index in [2.05, 4.69) is 41.4 Å². The number of amides is 1. The van der Waals surface area contributed by atoms with Crippen molar-refractivity contribution in [3.63, 3.8) is 0 Å². The number of halogens is 1. The van der Waals surface area contributed by atoms with Crippen LogP contribution in [0.15, 0.2) is 54.6 Å². The molecule has 0 atom stereocenters. The maximum Gasteiger partial charge on any atom is 0.299 e. The Kier molecular flexibility index (Phi) is 5.25. The number of hydrogen-bond acceptors (Lipinski definition) is 1. The summed E-state index contributed by atoms with van der Waals surface area (Å²) in [5.74, 6) is 0.207. The van der Waals surface area contributed by atoms with Crippen LogP contribution in [-0.4, -0.2) is 28.6 Å². The fourth-order valence-corrected chi connectivity index (χ4v) is 4.09. The molecule has 24 heavy (non-hydrogen) atoms. The molecule has 2 aromatic carbocycles. The minimum absolute atomic E-state index is 0. The second-order valence-electron chi connectivity index (χ2n) is 6.77. The molecule has 0 N–H and O–H groups in total. The minimum atomic E-state index is 0. The lowest BCUT2D eigenvalue weighted by Gasteiger charge is -2.46. The van der Waals surface area contributed by atoms with Crippen LogP contribution < -0.4 is 24.0 Å². The van der Waals surface area contributed by atoms with E-state index in [4.69, 9.17) is 0 Å². The maximum atomic E-state index is 13.0. The molecule has 2 aliphatic rings. The first kappa shape index (κ1) is 17.4. The average molecular weight is 434 g/mol. The molecule has 2 heterocycles. The van der Waals surface area contributed by atoms with E-state index in [1.54, 1.807) is 0 Å². The van der Waals surface area contributed by atoms with Gasteiger partial charge in [-0.3, -0.25) is 4.79 Å². The number of fused-ring (bicyclic) bond motifs is 1. The van der Waals surface area contributed by atoms with Gasteiger partial charge in [0.05, 0.1) is 6.54 Å². The van der Waals surface area contributed by atoms with E-state index in [1.165, 1.54) is 30.4 Å². The summed E-state index contributed by atoms with van der Waals surface area (Å²) < 4.78 is 0.789. The van der Waals surface area contributed by atoms with E-state index < -0.39 is 0 Å². The van der Waals surface area contributed by atoms with E-state index in [0.717, 1.165) is 36.3 Å². The largest absolute Gasteiger partial charge is 1.00 e. The van der Waals surface area contributed by atoms with Crippen molar-refractivity contribution in [2.75, 3.05) is 13.1 Å². The predicted octanol–water partition coefficient (Wildman–Crippen LogP) is 0.762. The second kappa shape index (κ2) is 7.23. The zero-order chi connectivity index (χ0) is 15.7. The quantitative estimate of drug-likeness (QED) is 0.516. The Morgan fingerprint density at radius 2 is 1.54 bits per heavy atom. The van der Waals surface area contributed by atoms with E-state index in [9.17, 15) is 4.79 Å². The number of rotatable bonds is 3. The van der Waals surface area contributed by atoms with Crippen molar-refractivity contribution in [3.05, 3.63) is 71.3 Å². The first-order chi connectivity index (χ1) is 11.3. The van der Waals surface area contributed by atoms with Crippen LogP contribution in [0.5, 0.6) is 0 Å².